The van der Waals surface area contributed by atoms with Crippen molar-refractivity contribution in [2.75, 3.05) is 46.3 Å². The SMILES string of the molecule is CN1CCC(C(C)(C)C)CCN(C(C)(C)C)CCN(C(C)(C)C)CC1. The minimum atomic E-state index is 0.239. The Balaban J connectivity index is 2.95. The van der Waals surface area contributed by atoms with Gasteiger partial charge in [-0.3, -0.25) is 9.80 Å². The van der Waals surface area contributed by atoms with Crippen molar-refractivity contribution in [1.82, 2.24) is 14.7 Å². The van der Waals surface area contributed by atoms with Crippen molar-refractivity contribution < 1.29 is 0 Å². The Morgan fingerprint density at radius 3 is 1.40 bits per heavy atom. The molecule has 1 aliphatic rings. The van der Waals surface area contributed by atoms with Gasteiger partial charge in [-0.25, -0.2) is 0 Å². The van der Waals surface area contributed by atoms with Gasteiger partial charge in [-0.05, 0) is 85.9 Å². The maximum absolute atomic E-state index is 2.72. The molecule has 150 valence electrons. The lowest BCUT2D eigenvalue weighted by atomic mass is 9.76. The highest BCUT2D eigenvalue weighted by molar-refractivity contribution is 4.84. The van der Waals surface area contributed by atoms with Gasteiger partial charge in [-0.1, -0.05) is 20.8 Å². The van der Waals surface area contributed by atoms with Gasteiger partial charge < -0.3 is 4.90 Å². The summed E-state index contributed by atoms with van der Waals surface area (Å²) in [6, 6.07) is 0. The molecule has 1 aliphatic heterocycles. The highest BCUT2D eigenvalue weighted by Gasteiger charge is 2.30. The molecule has 1 atom stereocenters. The third-order valence-electron chi connectivity index (χ3n) is 6.12. The fourth-order valence-corrected chi connectivity index (χ4v) is 3.91. The second kappa shape index (κ2) is 8.71. The second-order valence-electron chi connectivity index (χ2n) is 11.3. The van der Waals surface area contributed by atoms with Gasteiger partial charge in [0.2, 0.25) is 0 Å². The predicted molar refractivity (Wildman–Crippen MR) is 112 cm³/mol. The molecule has 25 heavy (non-hydrogen) atoms. The molecule has 3 heteroatoms. The van der Waals surface area contributed by atoms with Crippen molar-refractivity contribution in [2.24, 2.45) is 11.3 Å². The summed E-state index contributed by atoms with van der Waals surface area (Å²) in [7, 11) is 2.30. The fraction of sp³-hybridized carbons (Fsp3) is 1.00. The highest BCUT2D eigenvalue weighted by atomic mass is 15.3. The summed E-state index contributed by atoms with van der Waals surface area (Å²) < 4.78 is 0. The first-order valence-electron chi connectivity index (χ1n) is 10.4. The first-order chi connectivity index (χ1) is 11.2. The van der Waals surface area contributed by atoms with Crippen LogP contribution < -0.4 is 0 Å². The molecule has 1 fully saturated rings. The number of hydrogen-bond acceptors (Lipinski definition) is 3. The molecule has 0 N–H and O–H groups in total. The van der Waals surface area contributed by atoms with E-state index < -0.39 is 0 Å². The van der Waals surface area contributed by atoms with Gasteiger partial charge in [0.05, 0.1) is 0 Å². The molecule has 1 heterocycles. The van der Waals surface area contributed by atoms with Crippen molar-refractivity contribution in [2.45, 2.75) is 86.2 Å². The average molecular weight is 354 g/mol. The Hall–Kier alpha value is -0.120. The molecule has 1 unspecified atom stereocenters. The maximum Gasteiger partial charge on any atom is 0.0126 e. The zero-order chi connectivity index (χ0) is 19.5. The van der Waals surface area contributed by atoms with E-state index in [1.807, 2.05) is 0 Å². The number of rotatable bonds is 0. The summed E-state index contributed by atoms with van der Waals surface area (Å²) in [6.45, 7) is 28.6. The van der Waals surface area contributed by atoms with Crippen LogP contribution in [0.1, 0.15) is 75.2 Å². The molecule has 1 rings (SSSR count). The van der Waals surface area contributed by atoms with Crippen molar-refractivity contribution in [3.8, 4) is 0 Å². The summed E-state index contributed by atoms with van der Waals surface area (Å²) >= 11 is 0. The molecule has 0 spiro atoms. The summed E-state index contributed by atoms with van der Waals surface area (Å²) in [5, 5.41) is 0. The molecular formula is C22H47N3. The Labute approximate surface area is 159 Å². The maximum atomic E-state index is 2.72. The smallest absolute Gasteiger partial charge is 0.0126 e. The predicted octanol–water partition coefficient (Wildman–Crippen LogP) is 4.58. The molecule has 0 saturated carbocycles. The normalized spacial score (nSPS) is 25.4. The van der Waals surface area contributed by atoms with Gasteiger partial charge in [0.25, 0.3) is 0 Å². The van der Waals surface area contributed by atoms with Crippen molar-refractivity contribution in [3.05, 3.63) is 0 Å². The van der Waals surface area contributed by atoms with Gasteiger partial charge in [-0.2, -0.15) is 0 Å². The molecule has 0 aromatic rings. The second-order valence-corrected chi connectivity index (χ2v) is 11.3. The van der Waals surface area contributed by atoms with Crippen molar-refractivity contribution >= 4 is 0 Å². The van der Waals surface area contributed by atoms with E-state index in [-0.39, 0.29) is 11.1 Å². The van der Waals surface area contributed by atoms with E-state index in [2.05, 4.69) is 84.1 Å². The van der Waals surface area contributed by atoms with E-state index in [9.17, 15) is 0 Å². The summed E-state index contributed by atoms with van der Waals surface area (Å²) in [5.41, 5.74) is 0.876. The van der Waals surface area contributed by atoms with Crippen LogP contribution in [0, 0.1) is 11.3 Å². The standard InChI is InChI=1S/C22H47N3/c1-20(2,3)19-11-13-23(10)15-16-25(22(7,8)9)18-17-24(14-12-19)21(4,5)6/h19H,11-18H2,1-10H3. The van der Waals surface area contributed by atoms with E-state index >= 15 is 0 Å². The molecule has 0 aromatic carbocycles. The quantitative estimate of drug-likeness (QED) is 0.631. The Morgan fingerprint density at radius 2 is 0.960 bits per heavy atom. The van der Waals surface area contributed by atoms with Crippen LogP contribution in [0.5, 0.6) is 0 Å². The minimum Gasteiger partial charge on any atom is -0.305 e. The Bertz CT molecular complexity index is 354. The number of hydrogen-bond donors (Lipinski definition) is 0. The van der Waals surface area contributed by atoms with Crippen LogP contribution in [-0.4, -0.2) is 72.1 Å². The summed E-state index contributed by atoms with van der Waals surface area (Å²) in [4.78, 5) is 7.93. The fourth-order valence-electron chi connectivity index (χ4n) is 3.91. The average Bonchev–Trinajstić information content (AvgIpc) is 2.38. The highest BCUT2D eigenvalue weighted by Crippen LogP contribution is 2.32. The summed E-state index contributed by atoms with van der Waals surface area (Å²) in [6.07, 6.45) is 2.62. The molecule has 0 aromatic heterocycles. The first kappa shape index (κ1) is 22.9. The van der Waals surface area contributed by atoms with E-state index in [0.29, 0.717) is 5.41 Å². The third-order valence-corrected chi connectivity index (χ3v) is 6.12. The third kappa shape index (κ3) is 7.97. The lowest BCUT2D eigenvalue weighted by molar-refractivity contribution is 0.0545. The van der Waals surface area contributed by atoms with Crippen LogP contribution in [0.15, 0.2) is 0 Å². The molecule has 0 aliphatic carbocycles. The van der Waals surface area contributed by atoms with E-state index in [4.69, 9.17) is 0 Å². The van der Waals surface area contributed by atoms with E-state index in [1.54, 1.807) is 0 Å². The first-order valence-corrected chi connectivity index (χ1v) is 10.4. The molecule has 3 nitrogen and oxygen atoms in total. The molecule has 0 radical (unpaired) electrons. The zero-order valence-corrected chi connectivity index (χ0v) is 19.1. The Kier molecular flexibility index (Phi) is 7.99. The molecule has 0 amide bonds. The minimum absolute atomic E-state index is 0.239. The monoisotopic (exact) mass is 353 g/mol. The van der Waals surface area contributed by atoms with E-state index in [0.717, 1.165) is 19.0 Å². The number of likely N-dealkylation sites (N-methyl/N-ethyl adjacent to an activating group) is 1. The van der Waals surface area contributed by atoms with Gasteiger partial charge >= 0.3 is 0 Å². The number of nitrogens with zero attached hydrogens (tertiary/aromatic N) is 3. The molecule has 0 bridgehead atoms. The van der Waals surface area contributed by atoms with Gasteiger partial charge in [0.1, 0.15) is 0 Å². The van der Waals surface area contributed by atoms with Crippen LogP contribution in [0.4, 0.5) is 0 Å². The largest absolute Gasteiger partial charge is 0.305 e. The van der Waals surface area contributed by atoms with Gasteiger partial charge in [0, 0.05) is 37.3 Å². The Morgan fingerprint density at radius 1 is 0.560 bits per heavy atom. The zero-order valence-electron chi connectivity index (χ0n) is 19.1. The van der Waals surface area contributed by atoms with Crippen LogP contribution in [0.3, 0.4) is 0 Å². The van der Waals surface area contributed by atoms with Gasteiger partial charge in [-0.15, -0.1) is 0 Å². The van der Waals surface area contributed by atoms with Crippen molar-refractivity contribution in [3.63, 3.8) is 0 Å². The van der Waals surface area contributed by atoms with Crippen LogP contribution in [0.2, 0.25) is 0 Å². The lowest BCUT2D eigenvalue weighted by Gasteiger charge is -2.43. The lowest BCUT2D eigenvalue weighted by Crippen LogP contribution is -2.52. The van der Waals surface area contributed by atoms with Crippen LogP contribution >= 0.6 is 0 Å². The topological polar surface area (TPSA) is 9.72 Å². The summed E-state index contributed by atoms with van der Waals surface area (Å²) in [5.74, 6) is 0.790. The molecule has 1 saturated heterocycles. The van der Waals surface area contributed by atoms with Crippen LogP contribution in [0.25, 0.3) is 0 Å². The molecular weight excluding hydrogens is 306 g/mol. The van der Waals surface area contributed by atoms with E-state index in [1.165, 1.54) is 39.0 Å². The van der Waals surface area contributed by atoms with Crippen LogP contribution in [-0.2, 0) is 0 Å². The van der Waals surface area contributed by atoms with Gasteiger partial charge in [0.15, 0.2) is 0 Å². The van der Waals surface area contributed by atoms with Crippen molar-refractivity contribution in [1.29, 1.82) is 0 Å².